The molecule has 8 nitrogen and oxygen atoms in total. The maximum absolute atomic E-state index is 11.9. The summed E-state index contributed by atoms with van der Waals surface area (Å²) in [6, 6.07) is -0.217. The molecule has 1 fully saturated rings. The van der Waals surface area contributed by atoms with Gasteiger partial charge in [0.1, 0.15) is 0 Å². The normalized spacial score (nSPS) is 22.0. The summed E-state index contributed by atoms with van der Waals surface area (Å²) in [6.07, 6.45) is 3.89. The maximum Gasteiger partial charge on any atom is 0.319 e. The molecule has 0 saturated carbocycles. The van der Waals surface area contributed by atoms with E-state index in [0.29, 0.717) is 25.4 Å². The molecule has 0 bridgehead atoms. The van der Waals surface area contributed by atoms with E-state index in [-0.39, 0.29) is 18.2 Å². The van der Waals surface area contributed by atoms with Gasteiger partial charge in [-0.1, -0.05) is 0 Å². The topological polar surface area (TPSA) is 80.7 Å². The van der Waals surface area contributed by atoms with E-state index < -0.39 is 0 Å². The zero-order valence-electron chi connectivity index (χ0n) is 14.1. The summed E-state index contributed by atoms with van der Waals surface area (Å²) >= 11 is 0. The summed E-state index contributed by atoms with van der Waals surface area (Å²) in [4.78, 5) is 14.2. The lowest BCUT2D eigenvalue weighted by Crippen LogP contribution is -2.48. The van der Waals surface area contributed by atoms with Gasteiger partial charge in [0.05, 0.1) is 37.2 Å². The largest absolute Gasteiger partial charge is 0.383 e. The quantitative estimate of drug-likeness (QED) is 0.774. The minimum atomic E-state index is -0.217. The molecule has 1 aromatic rings. The lowest BCUT2D eigenvalue weighted by atomic mass is 10.2. The predicted molar refractivity (Wildman–Crippen MR) is 87.6 cm³/mol. The number of anilines is 1. The fourth-order valence-corrected chi connectivity index (χ4v) is 2.71. The van der Waals surface area contributed by atoms with E-state index in [9.17, 15) is 4.79 Å². The molecule has 1 saturated heterocycles. The molecule has 0 unspecified atom stereocenters. The van der Waals surface area contributed by atoms with Crippen molar-refractivity contribution >= 4 is 11.7 Å². The Morgan fingerprint density at radius 1 is 1.39 bits per heavy atom. The van der Waals surface area contributed by atoms with E-state index in [1.165, 1.54) is 0 Å². The summed E-state index contributed by atoms with van der Waals surface area (Å²) in [7, 11) is 1.64. The number of hydrogen-bond donors (Lipinski definition) is 2. The minimum Gasteiger partial charge on any atom is -0.383 e. The van der Waals surface area contributed by atoms with E-state index >= 15 is 0 Å². The number of amides is 2. The van der Waals surface area contributed by atoms with E-state index in [4.69, 9.17) is 9.47 Å². The van der Waals surface area contributed by atoms with Gasteiger partial charge in [0.2, 0.25) is 0 Å². The number of nitrogens with zero attached hydrogens (tertiary/aromatic N) is 3. The highest BCUT2D eigenvalue weighted by molar-refractivity contribution is 5.88. The Morgan fingerprint density at radius 2 is 2.13 bits per heavy atom. The minimum absolute atomic E-state index is 0.217. The molecule has 1 aliphatic rings. The highest BCUT2D eigenvalue weighted by Crippen LogP contribution is 2.09. The molecular formula is C15H27N5O3. The number of methoxy groups -OCH3 is 1. The summed E-state index contributed by atoms with van der Waals surface area (Å²) in [5, 5.41) is 9.79. The Bertz CT molecular complexity index is 483. The SMILES string of the molecule is COCCn1cc(NC(=O)NCCN2C[C@@H](C)O[C@H](C)C2)cn1. The van der Waals surface area contributed by atoms with Crippen LogP contribution in [0.3, 0.4) is 0 Å². The molecule has 1 aliphatic heterocycles. The Kier molecular flexibility index (Phi) is 6.82. The first-order valence-corrected chi connectivity index (χ1v) is 8.01. The molecule has 2 amide bonds. The highest BCUT2D eigenvalue weighted by Gasteiger charge is 2.21. The van der Waals surface area contributed by atoms with Crippen molar-refractivity contribution in [2.75, 3.05) is 45.2 Å². The van der Waals surface area contributed by atoms with Gasteiger partial charge in [-0.25, -0.2) is 4.79 Å². The smallest absolute Gasteiger partial charge is 0.319 e. The fraction of sp³-hybridized carbons (Fsp3) is 0.733. The van der Waals surface area contributed by atoms with Gasteiger partial charge in [0, 0.05) is 39.5 Å². The lowest BCUT2D eigenvalue weighted by Gasteiger charge is -2.35. The Hall–Kier alpha value is -1.64. The van der Waals surface area contributed by atoms with Gasteiger partial charge >= 0.3 is 6.03 Å². The zero-order valence-corrected chi connectivity index (χ0v) is 14.1. The number of carbonyl (C=O) groups excluding carboxylic acids is 1. The van der Waals surface area contributed by atoms with Crippen molar-refractivity contribution in [3.8, 4) is 0 Å². The third-order valence-electron chi connectivity index (χ3n) is 3.62. The molecule has 2 rings (SSSR count). The number of aromatic nitrogens is 2. The predicted octanol–water partition coefficient (Wildman–Crippen LogP) is 0.760. The summed E-state index contributed by atoms with van der Waals surface area (Å²) in [5.74, 6) is 0. The lowest BCUT2D eigenvalue weighted by molar-refractivity contribution is -0.0672. The summed E-state index contributed by atoms with van der Waals surface area (Å²) in [5.41, 5.74) is 0.673. The van der Waals surface area contributed by atoms with E-state index in [1.807, 2.05) is 0 Å². The van der Waals surface area contributed by atoms with Gasteiger partial charge in [0.25, 0.3) is 0 Å². The summed E-state index contributed by atoms with van der Waals surface area (Å²) in [6.45, 7) is 8.62. The van der Waals surface area contributed by atoms with Crippen LogP contribution >= 0.6 is 0 Å². The Labute approximate surface area is 137 Å². The molecule has 8 heteroatoms. The van der Waals surface area contributed by atoms with Gasteiger partial charge in [-0.2, -0.15) is 5.10 Å². The highest BCUT2D eigenvalue weighted by atomic mass is 16.5. The van der Waals surface area contributed by atoms with Crippen molar-refractivity contribution in [3.05, 3.63) is 12.4 Å². The number of rotatable bonds is 7. The van der Waals surface area contributed by atoms with Gasteiger partial charge in [0.15, 0.2) is 0 Å². The number of urea groups is 1. The standard InChI is InChI=1S/C15H27N5O3/c1-12-9-19(10-13(2)23-12)5-4-16-15(21)18-14-8-17-20(11-14)6-7-22-3/h8,11-13H,4-7,9-10H2,1-3H3,(H2,16,18,21)/t12-,13-/m1/s1. The number of carbonyl (C=O) groups is 1. The summed E-state index contributed by atoms with van der Waals surface area (Å²) < 4.78 is 12.4. The van der Waals surface area contributed by atoms with Crippen LogP contribution in [0.4, 0.5) is 10.5 Å². The van der Waals surface area contributed by atoms with Crippen LogP contribution < -0.4 is 10.6 Å². The van der Waals surface area contributed by atoms with Crippen LogP contribution in [-0.2, 0) is 16.0 Å². The van der Waals surface area contributed by atoms with Crippen molar-refractivity contribution in [1.82, 2.24) is 20.0 Å². The van der Waals surface area contributed by atoms with Gasteiger partial charge in [-0.15, -0.1) is 0 Å². The second kappa shape index (κ2) is 8.85. The molecular weight excluding hydrogens is 298 g/mol. The third kappa shape index (κ3) is 6.17. The monoisotopic (exact) mass is 325 g/mol. The second-order valence-electron chi connectivity index (χ2n) is 5.88. The first-order valence-electron chi connectivity index (χ1n) is 8.01. The van der Waals surface area contributed by atoms with E-state index in [1.54, 1.807) is 24.2 Å². The Balaban J connectivity index is 1.66. The molecule has 0 aliphatic carbocycles. The molecule has 0 aromatic carbocycles. The molecule has 2 N–H and O–H groups in total. The Morgan fingerprint density at radius 3 is 2.83 bits per heavy atom. The van der Waals surface area contributed by atoms with Crippen LogP contribution in [0.1, 0.15) is 13.8 Å². The first-order chi connectivity index (χ1) is 11.1. The number of ether oxygens (including phenoxy) is 2. The number of morpholine rings is 1. The molecule has 0 radical (unpaired) electrons. The second-order valence-corrected chi connectivity index (χ2v) is 5.88. The first kappa shape index (κ1) is 17.7. The fourth-order valence-electron chi connectivity index (χ4n) is 2.71. The van der Waals surface area contributed by atoms with Crippen molar-refractivity contribution in [3.63, 3.8) is 0 Å². The van der Waals surface area contributed by atoms with Gasteiger partial charge in [-0.05, 0) is 13.8 Å². The molecule has 2 heterocycles. The van der Waals surface area contributed by atoms with Gasteiger partial charge in [-0.3, -0.25) is 9.58 Å². The zero-order chi connectivity index (χ0) is 16.7. The van der Waals surface area contributed by atoms with Crippen LogP contribution in [0.2, 0.25) is 0 Å². The molecule has 0 spiro atoms. The molecule has 23 heavy (non-hydrogen) atoms. The van der Waals surface area contributed by atoms with Crippen LogP contribution in [0.5, 0.6) is 0 Å². The van der Waals surface area contributed by atoms with Crippen LogP contribution in [0, 0.1) is 0 Å². The van der Waals surface area contributed by atoms with Crippen molar-refractivity contribution in [2.24, 2.45) is 0 Å². The van der Waals surface area contributed by atoms with Crippen molar-refractivity contribution < 1.29 is 14.3 Å². The van der Waals surface area contributed by atoms with Gasteiger partial charge < -0.3 is 20.1 Å². The van der Waals surface area contributed by atoms with E-state index in [2.05, 4.69) is 34.5 Å². The number of nitrogens with one attached hydrogen (secondary N) is 2. The van der Waals surface area contributed by atoms with Crippen LogP contribution in [0.15, 0.2) is 12.4 Å². The average Bonchev–Trinajstić information content (AvgIpc) is 2.91. The maximum atomic E-state index is 11.9. The average molecular weight is 325 g/mol. The van der Waals surface area contributed by atoms with E-state index in [0.717, 1.165) is 19.6 Å². The molecule has 2 atom stereocenters. The van der Waals surface area contributed by atoms with Crippen molar-refractivity contribution in [2.45, 2.75) is 32.6 Å². The van der Waals surface area contributed by atoms with Crippen LogP contribution in [0.25, 0.3) is 0 Å². The van der Waals surface area contributed by atoms with Crippen molar-refractivity contribution in [1.29, 1.82) is 0 Å². The molecule has 1 aromatic heterocycles. The molecule has 130 valence electrons. The number of hydrogen-bond acceptors (Lipinski definition) is 5. The van der Waals surface area contributed by atoms with Crippen LogP contribution in [-0.4, -0.2) is 72.8 Å². The third-order valence-corrected chi connectivity index (χ3v) is 3.62.